The van der Waals surface area contributed by atoms with Crippen molar-refractivity contribution in [3.8, 4) is 24.3 Å². The smallest absolute Gasteiger partial charge is 0.172 e. The fourth-order valence-corrected chi connectivity index (χ4v) is 2.95. The van der Waals surface area contributed by atoms with E-state index in [1.54, 1.807) is 24.3 Å². The number of nitrogens with zero attached hydrogens (tertiary/aromatic N) is 4. The minimum absolute atomic E-state index is 0.280. The van der Waals surface area contributed by atoms with Crippen molar-refractivity contribution in [1.29, 1.82) is 21.0 Å². The molecule has 2 aromatic rings. The average molecular weight is 324 g/mol. The Bertz CT molecular complexity index is 896. The molecule has 2 rings (SSSR count). The number of benzene rings is 2. The van der Waals surface area contributed by atoms with Crippen LogP contribution in [0.15, 0.2) is 42.5 Å². The molecule has 0 spiro atoms. The SMILES string of the molecule is Cc1cc(C)cc(CC(C#N)(C#N)c2ccc(C(C#N)C#N)cc2)c1. The van der Waals surface area contributed by atoms with Gasteiger partial charge in [-0.15, -0.1) is 0 Å². The van der Waals surface area contributed by atoms with E-state index < -0.39 is 11.3 Å². The fraction of sp³-hybridized carbons (Fsp3) is 0.238. The lowest BCUT2D eigenvalue weighted by Crippen LogP contribution is -2.25. The quantitative estimate of drug-likeness (QED) is 0.850. The van der Waals surface area contributed by atoms with Gasteiger partial charge in [-0.3, -0.25) is 0 Å². The molecule has 0 aliphatic carbocycles. The van der Waals surface area contributed by atoms with E-state index in [0.717, 1.165) is 16.7 Å². The van der Waals surface area contributed by atoms with Crippen LogP contribution in [0.5, 0.6) is 0 Å². The lowest BCUT2D eigenvalue weighted by molar-refractivity contribution is 0.693. The summed E-state index contributed by atoms with van der Waals surface area (Å²) in [7, 11) is 0. The Balaban J connectivity index is 2.44. The molecule has 0 bridgehead atoms. The largest absolute Gasteiger partial charge is 0.196 e. The molecule has 0 saturated carbocycles. The lowest BCUT2D eigenvalue weighted by Gasteiger charge is -2.20. The summed E-state index contributed by atoms with van der Waals surface area (Å²) in [6, 6.07) is 20.7. The third-order valence-corrected chi connectivity index (χ3v) is 4.13. The molecule has 0 saturated heterocycles. The summed E-state index contributed by atoms with van der Waals surface area (Å²) >= 11 is 0. The number of aryl methyl sites for hydroxylation is 2. The van der Waals surface area contributed by atoms with Crippen molar-refractivity contribution in [2.24, 2.45) is 0 Å². The molecule has 0 atom stereocenters. The minimum Gasteiger partial charge on any atom is -0.196 e. The van der Waals surface area contributed by atoms with E-state index in [0.29, 0.717) is 11.1 Å². The predicted octanol–water partition coefficient (Wildman–Crippen LogP) is 3.96. The summed E-state index contributed by atoms with van der Waals surface area (Å²) in [5, 5.41) is 37.4. The fourth-order valence-electron chi connectivity index (χ4n) is 2.95. The zero-order valence-corrected chi connectivity index (χ0v) is 14.1. The van der Waals surface area contributed by atoms with Crippen LogP contribution in [0, 0.1) is 59.2 Å². The standard InChI is InChI=1S/C21H16N4/c1-15-7-16(2)9-17(8-15)10-21(13-24,14-25)20-5-3-18(4-6-20)19(11-22)12-23/h3-9,19H,10H2,1-2H3. The topological polar surface area (TPSA) is 95.2 Å². The first-order valence-corrected chi connectivity index (χ1v) is 7.77. The van der Waals surface area contributed by atoms with Crippen molar-refractivity contribution in [1.82, 2.24) is 0 Å². The second-order valence-electron chi connectivity index (χ2n) is 6.11. The highest BCUT2D eigenvalue weighted by Gasteiger charge is 2.33. The van der Waals surface area contributed by atoms with Crippen molar-refractivity contribution in [2.45, 2.75) is 31.6 Å². The van der Waals surface area contributed by atoms with E-state index in [1.807, 2.05) is 44.2 Å². The van der Waals surface area contributed by atoms with Gasteiger partial charge in [0.05, 0.1) is 24.3 Å². The normalized spacial score (nSPS) is 10.4. The van der Waals surface area contributed by atoms with Gasteiger partial charge in [0.2, 0.25) is 0 Å². The third-order valence-electron chi connectivity index (χ3n) is 4.13. The number of hydrogen-bond donors (Lipinski definition) is 0. The Labute approximate surface area is 147 Å². The summed E-state index contributed by atoms with van der Waals surface area (Å²) in [5.41, 5.74) is 2.91. The van der Waals surface area contributed by atoms with Gasteiger partial charge in [-0.2, -0.15) is 21.0 Å². The second kappa shape index (κ2) is 7.31. The molecule has 0 fully saturated rings. The molecule has 120 valence electrons. The molecule has 0 amide bonds. The van der Waals surface area contributed by atoms with Crippen LogP contribution in [0.2, 0.25) is 0 Å². The summed E-state index contributed by atoms with van der Waals surface area (Å²) in [4.78, 5) is 0. The van der Waals surface area contributed by atoms with E-state index in [4.69, 9.17) is 10.5 Å². The van der Waals surface area contributed by atoms with Crippen LogP contribution in [-0.4, -0.2) is 0 Å². The van der Waals surface area contributed by atoms with Crippen molar-refractivity contribution in [2.75, 3.05) is 0 Å². The maximum Gasteiger partial charge on any atom is 0.172 e. The molecule has 0 heterocycles. The van der Waals surface area contributed by atoms with E-state index in [1.165, 1.54) is 0 Å². The van der Waals surface area contributed by atoms with Gasteiger partial charge < -0.3 is 0 Å². The van der Waals surface area contributed by atoms with Crippen LogP contribution in [0.3, 0.4) is 0 Å². The maximum absolute atomic E-state index is 9.72. The molecule has 0 aliphatic rings. The Hall–Kier alpha value is -3.60. The molecule has 4 nitrogen and oxygen atoms in total. The average Bonchev–Trinajstić information content (AvgIpc) is 2.61. The summed E-state index contributed by atoms with van der Waals surface area (Å²) in [6.07, 6.45) is 0.280. The van der Waals surface area contributed by atoms with Crippen LogP contribution in [0.1, 0.15) is 33.7 Å². The molecule has 0 aliphatic heterocycles. The minimum atomic E-state index is -1.31. The van der Waals surface area contributed by atoms with Crippen molar-refractivity contribution < 1.29 is 0 Å². The highest BCUT2D eigenvalue weighted by atomic mass is 14.4. The van der Waals surface area contributed by atoms with Crippen molar-refractivity contribution in [3.05, 3.63) is 70.3 Å². The molecule has 25 heavy (non-hydrogen) atoms. The van der Waals surface area contributed by atoms with E-state index in [9.17, 15) is 10.5 Å². The Morgan fingerprint density at radius 1 is 0.840 bits per heavy atom. The van der Waals surface area contributed by atoms with E-state index >= 15 is 0 Å². The molecular weight excluding hydrogens is 308 g/mol. The van der Waals surface area contributed by atoms with E-state index in [-0.39, 0.29) is 6.42 Å². The van der Waals surface area contributed by atoms with Gasteiger partial charge in [0, 0.05) is 6.42 Å². The van der Waals surface area contributed by atoms with Gasteiger partial charge in [0.1, 0.15) is 0 Å². The van der Waals surface area contributed by atoms with Gasteiger partial charge in [-0.25, -0.2) is 0 Å². The first-order chi connectivity index (χ1) is 12.0. The molecule has 0 unspecified atom stereocenters. The number of rotatable bonds is 4. The van der Waals surface area contributed by atoms with Crippen molar-refractivity contribution in [3.63, 3.8) is 0 Å². The van der Waals surface area contributed by atoms with Crippen LogP contribution in [0.25, 0.3) is 0 Å². The van der Waals surface area contributed by atoms with Crippen LogP contribution in [-0.2, 0) is 11.8 Å². The van der Waals surface area contributed by atoms with Gasteiger partial charge >= 0.3 is 0 Å². The Morgan fingerprint density at radius 2 is 1.36 bits per heavy atom. The lowest BCUT2D eigenvalue weighted by atomic mass is 9.77. The second-order valence-corrected chi connectivity index (χ2v) is 6.11. The number of hydrogen-bond acceptors (Lipinski definition) is 4. The first-order valence-electron chi connectivity index (χ1n) is 7.77. The zero-order chi connectivity index (χ0) is 18.4. The highest BCUT2D eigenvalue weighted by molar-refractivity contribution is 5.46. The molecule has 0 N–H and O–H groups in total. The van der Waals surface area contributed by atoms with Crippen molar-refractivity contribution >= 4 is 0 Å². The maximum atomic E-state index is 9.72. The Kier molecular flexibility index (Phi) is 5.19. The summed E-state index contributed by atoms with van der Waals surface area (Å²) in [6.45, 7) is 3.96. The molecular formula is C21H16N4. The third kappa shape index (κ3) is 3.67. The van der Waals surface area contributed by atoms with E-state index in [2.05, 4.69) is 12.1 Å². The summed E-state index contributed by atoms with van der Waals surface area (Å²) < 4.78 is 0. The molecule has 4 heteroatoms. The number of nitriles is 4. The highest BCUT2D eigenvalue weighted by Crippen LogP contribution is 2.29. The van der Waals surface area contributed by atoms with Crippen LogP contribution >= 0.6 is 0 Å². The first kappa shape index (κ1) is 17.7. The van der Waals surface area contributed by atoms with Crippen LogP contribution in [0.4, 0.5) is 0 Å². The molecule has 0 aromatic heterocycles. The summed E-state index contributed by atoms with van der Waals surface area (Å²) in [5.74, 6) is -0.855. The zero-order valence-electron chi connectivity index (χ0n) is 14.1. The van der Waals surface area contributed by atoms with Gasteiger partial charge in [-0.1, -0.05) is 53.6 Å². The monoisotopic (exact) mass is 324 g/mol. The van der Waals surface area contributed by atoms with Crippen LogP contribution < -0.4 is 0 Å². The van der Waals surface area contributed by atoms with Gasteiger partial charge in [-0.05, 0) is 30.5 Å². The Morgan fingerprint density at radius 3 is 1.80 bits per heavy atom. The molecule has 0 radical (unpaired) electrons. The van der Waals surface area contributed by atoms with Gasteiger partial charge in [0.25, 0.3) is 0 Å². The predicted molar refractivity (Wildman–Crippen MR) is 92.9 cm³/mol. The molecule has 2 aromatic carbocycles. The van der Waals surface area contributed by atoms with Gasteiger partial charge in [0.15, 0.2) is 11.3 Å².